The van der Waals surface area contributed by atoms with Crippen molar-refractivity contribution < 1.29 is 19.1 Å². The molecular weight excluding hydrogens is 388 g/mol. The number of esters is 1. The number of para-hydroxylation sites is 1. The maximum absolute atomic E-state index is 12.4. The number of nitrogens with one attached hydrogen (secondary N) is 1. The lowest BCUT2D eigenvalue weighted by Crippen LogP contribution is -2.28. The van der Waals surface area contributed by atoms with Gasteiger partial charge in [0.05, 0.1) is 11.6 Å². The molecule has 6 nitrogen and oxygen atoms in total. The summed E-state index contributed by atoms with van der Waals surface area (Å²) < 4.78 is 5.17. The predicted molar refractivity (Wildman–Crippen MR) is 114 cm³/mol. The maximum atomic E-state index is 12.4. The zero-order valence-electron chi connectivity index (χ0n) is 16.5. The molecule has 1 atom stereocenters. The van der Waals surface area contributed by atoms with Crippen LogP contribution in [0.15, 0.2) is 53.4 Å². The summed E-state index contributed by atoms with van der Waals surface area (Å²) in [6, 6.07) is 15.1. The highest BCUT2D eigenvalue weighted by molar-refractivity contribution is 7.98. The van der Waals surface area contributed by atoms with Crippen LogP contribution in [-0.4, -0.2) is 37.2 Å². The van der Waals surface area contributed by atoms with Gasteiger partial charge in [0.2, 0.25) is 5.91 Å². The zero-order valence-corrected chi connectivity index (χ0v) is 17.3. The molecule has 1 heterocycles. The Morgan fingerprint density at radius 1 is 1.17 bits per heavy atom. The number of hydrogen-bond donors (Lipinski definition) is 1. The number of aryl methyl sites for hydroxylation is 1. The van der Waals surface area contributed by atoms with E-state index in [-0.39, 0.29) is 25.5 Å². The summed E-state index contributed by atoms with van der Waals surface area (Å²) in [6.45, 7) is 1.95. The fraction of sp³-hybridized carbons (Fsp3) is 0.318. The Bertz CT molecular complexity index is 898. The first kappa shape index (κ1) is 20.9. The molecule has 1 aliphatic heterocycles. The maximum Gasteiger partial charge on any atom is 0.311 e. The highest BCUT2D eigenvalue weighted by atomic mass is 32.2. The topological polar surface area (TPSA) is 75.7 Å². The van der Waals surface area contributed by atoms with E-state index >= 15 is 0 Å². The van der Waals surface area contributed by atoms with Gasteiger partial charge in [-0.1, -0.05) is 31.2 Å². The highest BCUT2D eigenvalue weighted by Crippen LogP contribution is 2.27. The molecule has 1 N–H and O–H groups in total. The molecule has 0 radical (unpaired) electrons. The van der Waals surface area contributed by atoms with Crippen molar-refractivity contribution in [2.24, 2.45) is 5.92 Å². The Morgan fingerprint density at radius 2 is 1.90 bits per heavy atom. The van der Waals surface area contributed by atoms with Gasteiger partial charge >= 0.3 is 5.97 Å². The van der Waals surface area contributed by atoms with Crippen molar-refractivity contribution in [3.8, 4) is 0 Å². The summed E-state index contributed by atoms with van der Waals surface area (Å²) in [7, 11) is 0. The first-order valence-corrected chi connectivity index (χ1v) is 10.7. The molecule has 0 bridgehead atoms. The van der Waals surface area contributed by atoms with Crippen molar-refractivity contribution in [3.63, 3.8) is 0 Å². The lowest BCUT2D eigenvalue weighted by Gasteiger charge is -2.17. The molecule has 2 amide bonds. The van der Waals surface area contributed by atoms with Gasteiger partial charge in [-0.3, -0.25) is 14.4 Å². The third kappa shape index (κ3) is 5.17. The monoisotopic (exact) mass is 412 g/mol. The highest BCUT2D eigenvalue weighted by Gasteiger charge is 2.36. The molecule has 152 valence electrons. The lowest BCUT2D eigenvalue weighted by atomic mass is 10.1. The van der Waals surface area contributed by atoms with Crippen LogP contribution >= 0.6 is 11.8 Å². The largest absolute Gasteiger partial charge is 0.455 e. The van der Waals surface area contributed by atoms with Crippen LogP contribution in [0.25, 0.3) is 0 Å². The molecule has 1 aliphatic rings. The number of nitrogens with zero attached hydrogens (tertiary/aromatic N) is 1. The zero-order chi connectivity index (χ0) is 20.8. The summed E-state index contributed by atoms with van der Waals surface area (Å²) in [4.78, 5) is 39.4. The molecule has 0 saturated carbocycles. The molecule has 1 fully saturated rings. The van der Waals surface area contributed by atoms with Crippen LogP contribution in [0.2, 0.25) is 0 Å². The van der Waals surface area contributed by atoms with Crippen LogP contribution in [0.1, 0.15) is 18.9 Å². The first-order chi connectivity index (χ1) is 14.0. The number of carbonyl (C=O) groups is 3. The number of ether oxygens (including phenoxy) is 1. The fourth-order valence-electron chi connectivity index (χ4n) is 3.22. The number of hydrogen-bond acceptors (Lipinski definition) is 5. The van der Waals surface area contributed by atoms with E-state index in [0.29, 0.717) is 5.69 Å². The molecule has 2 aromatic carbocycles. The Labute approximate surface area is 174 Å². The van der Waals surface area contributed by atoms with E-state index in [1.165, 1.54) is 17.3 Å². The van der Waals surface area contributed by atoms with Crippen molar-refractivity contribution >= 4 is 40.9 Å². The van der Waals surface area contributed by atoms with Gasteiger partial charge in [0.25, 0.3) is 5.91 Å². The average Bonchev–Trinajstić information content (AvgIpc) is 3.14. The van der Waals surface area contributed by atoms with E-state index in [1.807, 2.05) is 48.7 Å². The van der Waals surface area contributed by atoms with Gasteiger partial charge in [0.1, 0.15) is 0 Å². The minimum atomic E-state index is -0.570. The fourth-order valence-corrected chi connectivity index (χ4v) is 3.77. The lowest BCUT2D eigenvalue weighted by molar-refractivity contribution is -0.151. The quantitative estimate of drug-likeness (QED) is 0.556. The smallest absolute Gasteiger partial charge is 0.311 e. The van der Waals surface area contributed by atoms with Gasteiger partial charge in [-0.2, -0.15) is 0 Å². The van der Waals surface area contributed by atoms with Gasteiger partial charge in [-0.25, -0.2) is 0 Å². The number of carbonyl (C=O) groups excluding carboxylic acids is 3. The molecule has 0 spiro atoms. The summed E-state index contributed by atoms with van der Waals surface area (Å²) in [5.74, 6) is -1.62. The van der Waals surface area contributed by atoms with Crippen LogP contribution < -0.4 is 10.2 Å². The van der Waals surface area contributed by atoms with E-state index in [0.717, 1.165) is 17.0 Å². The number of benzene rings is 2. The van der Waals surface area contributed by atoms with Crippen molar-refractivity contribution in [2.45, 2.75) is 24.7 Å². The molecule has 1 saturated heterocycles. The van der Waals surface area contributed by atoms with Crippen LogP contribution in [0.4, 0.5) is 11.4 Å². The molecule has 29 heavy (non-hydrogen) atoms. The van der Waals surface area contributed by atoms with E-state index in [2.05, 4.69) is 12.2 Å². The Morgan fingerprint density at radius 3 is 2.59 bits per heavy atom. The number of rotatable bonds is 7. The van der Waals surface area contributed by atoms with E-state index in [9.17, 15) is 14.4 Å². The van der Waals surface area contributed by atoms with Gasteiger partial charge < -0.3 is 15.0 Å². The van der Waals surface area contributed by atoms with Gasteiger partial charge in [0.15, 0.2) is 6.61 Å². The molecule has 3 rings (SSSR count). The minimum Gasteiger partial charge on any atom is -0.455 e. The second kappa shape index (κ2) is 9.60. The van der Waals surface area contributed by atoms with Crippen LogP contribution in [0.3, 0.4) is 0 Å². The average molecular weight is 413 g/mol. The van der Waals surface area contributed by atoms with E-state index < -0.39 is 17.8 Å². The third-order valence-electron chi connectivity index (χ3n) is 4.84. The minimum absolute atomic E-state index is 0.0886. The number of anilines is 2. The van der Waals surface area contributed by atoms with Crippen molar-refractivity contribution in [2.75, 3.05) is 29.6 Å². The molecule has 0 aliphatic carbocycles. The van der Waals surface area contributed by atoms with Crippen molar-refractivity contribution in [3.05, 3.63) is 54.1 Å². The molecule has 2 aromatic rings. The predicted octanol–water partition coefficient (Wildman–Crippen LogP) is 3.51. The Kier molecular flexibility index (Phi) is 6.93. The molecule has 0 unspecified atom stereocenters. The normalized spacial score (nSPS) is 16.0. The standard InChI is InChI=1S/C22H24N2O4S/c1-3-15-8-10-17(11-9-15)24-13-16(12-21(24)26)22(27)28-14-20(25)23-18-6-4-5-7-19(18)29-2/h4-11,16H,3,12-14H2,1-2H3,(H,23,25)/t16-/m0/s1. The van der Waals surface area contributed by atoms with Gasteiger partial charge in [0, 0.05) is 23.5 Å². The summed E-state index contributed by atoms with van der Waals surface area (Å²) in [5.41, 5.74) is 2.64. The second-order valence-corrected chi connectivity index (χ2v) is 7.63. The summed E-state index contributed by atoms with van der Waals surface area (Å²) >= 11 is 1.52. The van der Waals surface area contributed by atoms with Crippen LogP contribution in [0.5, 0.6) is 0 Å². The number of amides is 2. The summed E-state index contributed by atoms with van der Waals surface area (Å²) in [5, 5.41) is 2.75. The van der Waals surface area contributed by atoms with Crippen molar-refractivity contribution in [1.82, 2.24) is 0 Å². The van der Waals surface area contributed by atoms with Crippen molar-refractivity contribution in [1.29, 1.82) is 0 Å². The SMILES string of the molecule is CCc1ccc(N2C[C@@H](C(=O)OCC(=O)Nc3ccccc3SC)CC2=O)cc1. The van der Waals surface area contributed by atoms with Crippen LogP contribution in [-0.2, 0) is 25.5 Å². The van der Waals surface area contributed by atoms with Gasteiger partial charge in [-0.05, 0) is 42.5 Å². The Hall–Kier alpha value is -2.80. The molecule has 7 heteroatoms. The van der Waals surface area contributed by atoms with Crippen LogP contribution in [0, 0.1) is 5.92 Å². The molecule has 0 aromatic heterocycles. The Balaban J connectivity index is 1.53. The van der Waals surface area contributed by atoms with Gasteiger partial charge in [-0.15, -0.1) is 11.8 Å². The number of thioether (sulfide) groups is 1. The van der Waals surface area contributed by atoms with E-state index in [1.54, 1.807) is 11.0 Å². The molecular formula is C22H24N2O4S. The first-order valence-electron chi connectivity index (χ1n) is 9.50. The second-order valence-electron chi connectivity index (χ2n) is 6.78. The summed E-state index contributed by atoms with van der Waals surface area (Å²) in [6.07, 6.45) is 2.93. The third-order valence-corrected chi connectivity index (χ3v) is 5.64. The van der Waals surface area contributed by atoms with E-state index in [4.69, 9.17) is 4.74 Å².